The molecule has 7 heteroatoms. The molecule has 7 nitrogen and oxygen atoms in total. The number of benzene rings is 4. The van der Waals surface area contributed by atoms with Gasteiger partial charge < -0.3 is 20.1 Å². The zero-order valence-corrected chi connectivity index (χ0v) is 19.3. The molecule has 1 heterocycles. The van der Waals surface area contributed by atoms with Crippen LogP contribution >= 0.6 is 0 Å². The summed E-state index contributed by atoms with van der Waals surface area (Å²) < 4.78 is 2.00. The van der Waals surface area contributed by atoms with E-state index >= 15 is 0 Å². The molecular weight excluding hydrogens is 454 g/mol. The Morgan fingerprint density at radius 1 is 0.861 bits per heavy atom. The summed E-state index contributed by atoms with van der Waals surface area (Å²) in [6, 6.07) is 26.9. The van der Waals surface area contributed by atoms with Gasteiger partial charge in [0.15, 0.2) is 0 Å². The maximum absolute atomic E-state index is 12.6. The zero-order chi connectivity index (χ0) is 25.1. The van der Waals surface area contributed by atoms with Crippen LogP contribution < -0.4 is 5.32 Å². The van der Waals surface area contributed by atoms with E-state index in [2.05, 4.69) is 10.3 Å². The van der Waals surface area contributed by atoms with Gasteiger partial charge in [-0.2, -0.15) is 0 Å². The number of carboxylic acids is 1. The summed E-state index contributed by atoms with van der Waals surface area (Å²) in [6.07, 6.45) is 1.74. The molecule has 4 aromatic carbocycles. The highest BCUT2D eigenvalue weighted by molar-refractivity contribution is 5.97. The predicted molar refractivity (Wildman–Crippen MR) is 137 cm³/mol. The molecule has 0 aliphatic rings. The van der Waals surface area contributed by atoms with Gasteiger partial charge in [0, 0.05) is 18.7 Å². The minimum atomic E-state index is -0.952. The smallest absolute Gasteiger partial charge is 0.336 e. The minimum Gasteiger partial charge on any atom is -0.508 e. The second kappa shape index (κ2) is 9.76. The number of carboxylic acid groups (broad SMARTS) is 1. The van der Waals surface area contributed by atoms with Crippen LogP contribution in [0.2, 0.25) is 0 Å². The molecule has 1 aromatic heterocycles. The highest BCUT2D eigenvalue weighted by Gasteiger charge is 2.12. The van der Waals surface area contributed by atoms with E-state index in [1.54, 1.807) is 54.9 Å². The number of aromatic nitrogens is 2. The van der Waals surface area contributed by atoms with Gasteiger partial charge in [0.25, 0.3) is 5.91 Å². The van der Waals surface area contributed by atoms with Crippen LogP contribution in [-0.2, 0) is 13.1 Å². The van der Waals surface area contributed by atoms with Gasteiger partial charge in [-0.1, -0.05) is 54.6 Å². The molecule has 0 atom stereocenters. The number of phenols is 1. The molecule has 1 amide bonds. The molecule has 0 saturated heterocycles. The molecule has 0 saturated carbocycles. The van der Waals surface area contributed by atoms with E-state index in [1.807, 2.05) is 47.0 Å². The first-order chi connectivity index (χ1) is 17.5. The monoisotopic (exact) mass is 477 g/mol. The van der Waals surface area contributed by atoms with Crippen LogP contribution in [0.25, 0.3) is 22.2 Å². The lowest BCUT2D eigenvalue weighted by Crippen LogP contribution is -2.22. The van der Waals surface area contributed by atoms with Crippen LogP contribution in [0.3, 0.4) is 0 Å². The summed E-state index contributed by atoms with van der Waals surface area (Å²) in [5.74, 6) is -1.01. The summed E-state index contributed by atoms with van der Waals surface area (Å²) in [6.45, 7) is 0.896. The Balaban J connectivity index is 1.30. The van der Waals surface area contributed by atoms with Crippen LogP contribution in [-0.4, -0.2) is 31.6 Å². The van der Waals surface area contributed by atoms with Crippen molar-refractivity contribution >= 4 is 22.9 Å². The van der Waals surface area contributed by atoms with Gasteiger partial charge in [-0.05, 0) is 58.7 Å². The Bertz CT molecular complexity index is 1570. The van der Waals surface area contributed by atoms with Crippen molar-refractivity contribution in [3.05, 3.63) is 120 Å². The normalized spacial score (nSPS) is 10.9. The topological polar surface area (TPSA) is 104 Å². The first-order valence-electron chi connectivity index (χ1n) is 11.4. The number of rotatable bonds is 7. The van der Waals surface area contributed by atoms with Gasteiger partial charge in [0.05, 0.1) is 22.9 Å². The lowest BCUT2D eigenvalue weighted by Gasteiger charge is -2.09. The molecule has 0 aliphatic heterocycles. The molecular formula is C29H23N3O4. The largest absolute Gasteiger partial charge is 0.508 e. The first kappa shape index (κ1) is 22.9. The number of amides is 1. The number of nitrogens with one attached hydrogen (secondary N) is 1. The summed E-state index contributed by atoms with van der Waals surface area (Å²) in [4.78, 5) is 28.6. The van der Waals surface area contributed by atoms with Gasteiger partial charge in [-0.25, -0.2) is 9.78 Å². The molecule has 5 aromatic rings. The second-order valence-electron chi connectivity index (χ2n) is 8.48. The number of hydrogen-bond donors (Lipinski definition) is 3. The Morgan fingerprint density at radius 3 is 2.44 bits per heavy atom. The Kier molecular flexibility index (Phi) is 6.19. The molecule has 0 unspecified atom stereocenters. The highest BCUT2D eigenvalue weighted by Crippen LogP contribution is 2.25. The third-order valence-corrected chi connectivity index (χ3v) is 6.02. The Hall–Kier alpha value is -4.91. The molecule has 0 fully saturated rings. The van der Waals surface area contributed by atoms with Gasteiger partial charge in [-0.15, -0.1) is 0 Å². The third-order valence-electron chi connectivity index (χ3n) is 6.02. The number of carbonyl (C=O) groups excluding carboxylic acids is 1. The molecule has 0 radical (unpaired) electrons. The van der Waals surface area contributed by atoms with Crippen molar-refractivity contribution in [1.82, 2.24) is 14.9 Å². The summed E-state index contributed by atoms with van der Waals surface area (Å²) in [5.41, 5.74) is 5.77. The standard InChI is InChI=1S/C29H23N3O4/c33-23-5-3-4-20(14-23)16-30-28(34)22-12-13-27-26(15-22)31-18-32(27)17-19-8-10-21(11-9-19)24-6-1-2-7-25(24)29(35)36/h1-15,18,33H,16-17H2,(H,30,34)(H,35,36). The third kappa shape index (κ3) is 4.81. The number of hydrogen-bond acceptors (Lipinski definition) is 4. The highest BCUT2D eigenvalue weighted by atomic mass is 16.4. The van der Waals surface area contributed by atoms with Gasteiger partial charge >= 0.3 is 5.97 Å². The average Bonchev–Trinajstić information content (AvgIpc) is 3.29. The molecule has 0 bridgehead atoms. The number of imidazole rings is 1. The van der Waals surface area contributed by atoms with E-state index in [4.69, 9.17) is 0 Å². The van der Waals surface area contributed by atoms with Crippen molar-refractivity contribution in [3.63, 3.8) is 0 Å². The van der Waals surface area contributed by atoms with Crippen LogP contribution in [0.15, 0.2) is 97.3 Å². The van der Waals surface area contributed by atoms with Crippen LogP contribution in [0, 0.1) is 0 Å². The zero-order valence-electron chi connectivity index (χ0n) is 19.3. The number of aromatic hydroxyl groups is 1. The number of fused-ring (bicyclic) bond motifs is 1. The van der Waals surface area contributed by atoms with E-state index in [-0.39, 0.29) is 17.2 Å². The van der Waals surface area contributed by atoms with Crippen LogP contribution in [0.1, 0.15) is 31.8 Å². The van der Waals surface area contributed by atoms with Gasteiger partial charge in [0.1, 0.15) is 5.75 Å². The fourth-order valence-electron chi connectivity index (χ4n) is 4.19. The second-order valence-corrected chi connectivity index (χ2v) is 8.48. The van der Waals surface area contributed by atoms with Crippen molar-refractivity contribution in [2.24, 2.45) is 0 Å². The SMILES string of the molecule is O=C(NCc1cccc(O)c1)c1ccc2c(c1)ncn2Cc1ccc(-c2ccccc2C(=O)O)cc1. The molecule has 0 aliphatic carbocycles. The number of nitrogens with zero attached hydrogens (tertiary/aromatic N) is 2. The number of aromatic carboxylic acids is 1. The van der Waals surface area contributed by atoms with Gasteiger partial charge in [-0.3, -0.25) is 4.79 Å². The number of phenolic OH excluding ortho intramolecular Hbond substituents is 1. The van der Waals surface area contributed by atoms with E-state index in [9.17, 15) is 19.8 Å². The molecule has 5 rings (SSSR count). The van der Waals surface area contributed by atoms with Crippen LogP contribution in [0.5, 0.6) is 5.75 Å². The Labute approximate surface area is 207 Å². The van der Waals surface area contributed by atoms with Crippen molar-refractivity contribution in [1.29, 1.82) is 0 Å². The van der Waals surface area contributed by atoms with Crippen molar-refractivity contribution < 1.29 is 19.8 Å². The molecule has 36 heavy (non-hydrogen) atoms. The lowest BCUT2D eigenvalue weighted by molar-refractivity contribution is 0.0697. The predicted octanol–water partition coefficient (Wildman–Crippen LogP) is 5.09. The van der Waals surface area contributed by atoms with Crippen LogP contribution in [0.4, 0.5) is 0 Å². The fourth-order valence-corrected chi connectivity index (χ4v) is 4.19. The fraction of sp³-hybridized carbons (Fsp3) is 0.0690. The quantitative estimate of drug-likeness (QED) is 0.303. The molecule has 3 N–H and O–H groups in total. The summed E-state index contributed by atoms with van der Waals surface area (Å²) in [7, 11) is 0. The Morgan fingerprint density at radius 2 is 1.67 bits per heavy atom. The number of carbonyl (C=O) groups is 2. The summed E-state index contributed by atoms with van der Waals surface area (Å²) >= 11 is 0. The summed E-state index contributed by atoms with van der Waals surface area (Å²) in [5, 5.41) is 21.9. The molecule has 0 spiro atoms. The lowest BCUT2D eigenvalue weighted by atomic mass is 9.99. The maximum Gasteiger partial charge on any atom is 0.336 e. The average molecular weight is 478 g/mol. The van der Waals surface area contributed by atoms with Crippen molar-refractivity contribution in [3.8, 4) is 16.9 Å². The maximum atomic E-state index is 12.6. The van der Waals surface area contributed by atoms with E-state index in [0.717, 1.165) is 22.2 Å². The minimum absolute atomic E-state index is 0.161. The van der Waals surface area contributed by atoms with Crippen molar-refractivity contribution in [2.45, 2.75) is 13.1 Å². The van der Waals surface area contributed by atoms with E-state index < -0.39 is 5.97 Å². The van der Waals surface area contributed by atoms with Crippen molar-refractivity contribution in [2.75, 3.05) is 0 Å². The van der Waals surface area contributed by atoms with E-state index in [0.29, 0.717) is 29.7 Å². The first-order valence-corrected chi connectivity index (χ1v) is 11.4. The van der Waals surface area contributed by atoms with E-state index in [1.165, 1.54) is 0 Å². The molecule has 178 valence electrons. The van der Waals surface area contributed by atoms with Gasteiger partial charge in [0.2, 0.25) is 0 Å².